The van der Waals surface area contributed by atoms with E-state index in [1.807, 2.05) is 6.20 Å². The fourth-order valence-corrected chi connectivity index (χ4v) is 3.98. The molecule has 0 saturated heterocycles. The highest BCUT2D eigenvalue weighted by molar-refractivity contribution is 7.10. The molecule has 1 aliphatic carbocycles. The van der Waals surface area contributed by atoms with Crippen LogP contribution in [0.3, 0.4) is 0 Å². The molecule has 2 heterocycles. The Balaban J connectivity index is 1.97. The van der Waals surface area contributed by atoms with Crippen molar-refractivity contribution in [3.63, 3.8) is 0 Å². The van der Waals surface area contributed by atoms with Gasteiger partial charge in [0.15, 0.2) is 5.78 Å². The second-order valence-electron chi connectivity index (χ2n) is 5.11. The number of nitrogens with one attached hydrogen (secondary N) is 1. The average molecular weight is 259 g/mol. The van der Waals surface area contributed by atoms with Crippen LogP contribution < -0.4 is 5.32 Å². The Labute approximate surface area is 111 Å². The van der Waals surface area contributed by atoms with E-state index in [9.17, 15) is 4.79 Å². The van der Waals surface area contributed by atoms with Crippen LogP contribution in [0.2, 0.25) is 0 Å². The molecule has 0 saturated carbocycles. The molecule has 3 heteroatoms. The van der Waals surface area contributed by atoms with Gasteiger partial charge in [0.05, 0.1) is 5.92 Å². The van der Waals surface area contributed by atoms with Crippen molar-refractivity contribution < 1.29 is 4.79 Å². The largest absolute Gasteiger partial charge is 0.365 e. The molecule has 1 aromatic rings. The quantitative estimate of drug-likeness (QED) is 0.836. The van der Waals surface area contributed by atoms with Gasteiger partial charge in [0, 0.05) is 22.1 Å². The topological polar surface area (TPSA) is 29.1 Å². The molecular formula is C15H17NOS. The van der Waals surface area contributed by atoms with Gasteiger partial charge in [-0.25, -0.2) is 0 Å². The van der Waals surface area contributed by atoms with E-state index in [1.165, 1.54) is 10.4 Å². The van der Waals surface area contributed by atoms with Crippen LogP contribution in [0.5, 0.6) is 0 Å². The minimum atomic E-state index is 0.0829. The molecule has 0 fully saturated rings. The van der Waals surface area contributed by atoms with Crippen LogP contribution in [-0.4, -0.2) is 5.78 Å². The first-order valence-corrected chi connectivity index (χ1v) is 7.31. The monoisotopic (exact) mass is 259 g/mol. The number of carbonyl (C=O) groups is 1. The lowest BCUT2D eigenvalue weighted by atomic mass is 9.78. The third kappa shape index (κ3) is 1.74. The first-order valence-electron chi connectivity index (χ1n) is 6.43. The van der Waals surface area contributed by atoms with E-state index in [-0.39, 0.29) is 11.8 Å². The van der Waals surface area contributed by atoms with E-state index in [4.69, 9.17) is 0 Å². The molecule has 18 heavy (non-hydrogen) atoms. The minimum absolute atomic E-state index is 0.0829. The standard InChI is InChI=1S/C15H17NOS/c1-9-5-7-16-12-4-3-11(14(17)13(9)12)15-10(2)6-8-18-15/h5-9,11,16H,3-4H2,1-2H3. The second kappa shape index (κ2) is 4.39. The van der Waals surface area contributed by atoms with Gasteiger partial charge in [0.2, 0.25) is 0 Å². The van der Waals surface area contributed by atoms with Crippen LogP contribution >= 0.6 is 11.3 Å². The van der Waals surface area contributed by atoms with Gasteiger partial charge in [0.1, 0.15) is 0 Å². The number of thiophene rings is 1. The van der Waals surface area contributed by atoms with Crippen LogP contribution in [0.25, 0.3) is 0 Å². The molecule has 0 amide bonds. The van der Waals surface area contributed by atoms with E-state index in [0.717, 1.165) is 24.1 Å². The molecule has 2 atom stereocenters. The molecule has 0 spiro atoms. The number of carbonyl (C=O) groups excluding carboxylic acids is 1. The first kappa shape index (κ1) is 11.7. The summed E-state index contributed by atoms with van der Waals surface area (Å²) in [7, 11) is 0. The molecule has 1 aromatic heterocycles. The number of hydrogen-bond donors (Lipinski definition) is 1. The van der Waals surface area contributed by atoms with Gasteiger partial charge in [-0.3, -0.25) is 4.79 Å². The molecular weight excluding hydrogens is 242 g/mol. The summed E-state index contributed by atoms with van der Waals surface area (Å²) in [6.45, 7) is 4.21. The zero-order chi connectivity index (χ0) is 12.7. The van der Waals surface area contributed by atoms with Crippen LogP contribution in [0.15, 0.2) is 35.0 Å². The Morgan fingerprint density at radius 3 is 3.00 bits per heavy atom. The minimum Gasteiger partial charge on any atom is -0.365 e. The molecule has 1 aliphatic heterocycles. The Morgan fingerprint density at radius 1 is 1.44 bits per heavy atom. The zero-order valence-electron chi connectivity index (χ0n) is 10.7. The molecule has 1 N–H and O–H groups in total. The zero-order valence-corrected chi connectivity index (χ0v) is 11.5. The SMILES string of the molecule is Cc1ccsc1C1CCC2=C(C1=O)C(C)C=CN2. The lowest BCUT2D eigenvalue weighted by molar-refractivity contribution is -0.118. The van der Waals surface area contributed by atoms with Crippen LogP contribution in [0.4, 0.5) is 0 Å². The Bertz CT molecular complexity index is 553. The maximum atomic E-state index is 12.7. The molecule has 94 valence electrons. The number of hydrogen-bond acceptors (Lipinski definition) is 3. The predicted molar refractivity (Wildman–Crippen MR) is 74.5 cm³/mol. The van der Waals surface area contributed by atoms with E-state index >= 15 is 0 Å². The van der Waals surface area contributed by atoms with Gasteiger partial charge in [0.25, 0.3) is 0 Å². The van der Waals surface area contributed by atoms with E-state index < -0.39 is 0 Å². The highest BCUT2D eigenvalue weighted by Gasteiger charge is 2.34. The highest BCUT2D eigenvalue weighted by Crippen LogP contribution is 2.40. The van der Waals surface area contributed by atoms with Crippen molar-refractivity contribution >= 4 is 17.1 Å². The van der Waals surface area contributed by atoms with Crippen molar-refractivity contribution in [1.29, 1.82) is 0 Å². The number of rotatable bonds is 1. The Morgan fingerprint density at radius 2 is 2.28 bits per heavy atom. The maximum Gasteiger partial charge on any atom is 0.169 e. The van der Waals surface area contributed by atoms with E-state index in [0.29, 0.717) is 5.78 Å². The fraction of sp³-hybridized carbons (Fsp3) is 0.400. The molecule has 0 bridgehead atoms. The summed E-state index contributed by atoms with van der Waals surface area (Å²) >= 11 is 1.72. The Hall–Kier alpha value is -1.35. The van der Waals surface area contributed by atoms with E-state index in [1.54, 1.807) is 11.3 Å². The summed E-state index contributed by atoms with van der Waals surface area (Å²) in [4.78, 5) is 14.0. The van der Waals surface area contributed by atoms with Crippen molar-refractivity contribution in [2.75, 3.05) is 0 Å². The molecule has 2 nitrogen and oxygen atoms in total. The Kier molecular flexibility index (Phi) is 2.86. The molecule has 0 aromatic carbocycles. The summed E-state index contributed by atoms with van der Waals surface area (Å²) in [5.41, 5.74) is 3.40. The molecule has 2 aliphatic rings. The van der Waals surface area contributed by atoms with Crippen LogP contribution in [0, 0.1) is 12.8 Å². The van der Waals surface area contributed by atoms with Crippen LogP contribution in [-0.2, 0) is 4.79 Å². The first-order chi connectivity index (χ1) is 8.68. The number of allylic oxidation sites excluding steroid dienone is 3. The molecule has 2 unspecified atom stereocenters. The van der Waals surface area contributed by atoms with Gasteiger partial charge < -0.3 is 5.32 Å². The third-order valence-electron chi connectivity index (χ3n) is 3.91. The smallest absolute Gasteiger partial charge is 0.169 e. The number of Topliss-reactive ketones (excluding diaryl/α,β-unsaturated/α-hetero) is 1. The number of dihydropyridines is 1. The highest BCUT2D eigenvalue weighted by atomic mass is 32.1. The van der Waals surface area contributed by atoms with Crippen LogP contribution in [0.1, 0.15) is 36.1 Å². The lowest BCUT2D eigenvalue weighted by Crippen LogP contribution is -2.30. The van der Waals surface area contributed by atoms with Gasteiger partial charge in [-0.2, -0.15) is 0 Å². The van der Waals surface area contributed by atoms with Crippen molar-refractivity contribution in [2.45, 2.75) is 32.6 Å². The van der Waals surface area contributed by atoms with E-state index in [2.05, 4.69) is 36.7 Å². The van der Waals surface area contributed by atoms with Crippen molar-refractivity contribution in [1.82, 2.24) is 5.32 Å². The van der Waals surface area contributed by atoms with Crippen molar-refractivity contribution in [3.8, 4) is 0 Å². The second-order valence-corrected chi connectivity index (χ2v) is 6.06. The molecule has 3 rings (SSSR count). The van der Waals surface area contributed by atoms with Crippen molar-refractivity contribution in [3.05, 3.63) is 45.4 Å². The van der Waals surface area contributed by atoms with Crippen molar-refractivity contribution in [2.24, 2.45) is 5.92 Å². The molecule has 0 radical (unpaired) electrons. The summed E-state index contributed by atoms with van der Waals surface area (Å²) in [5, 5.41) is 5.33. The summed E-state index contributed by atoms with van der Waals surface area (Å²) in [6.07, 6.45) is 5.96. The predicted octanol–water partition coefficient (Wildman–Crippen LogP) is 3.51. The fourth-order valence-electron chi connectivity index (χ4n) is 2.92. The van der Waals surface area contributed by atoms with Gasteiger partial charge in [-0.1, -0.05) is 13.0 Å². The summed E-state index contributed by atoms with van der Waals surface area (Å²) in [5.74, 6) is 0.655. The average Bonchev–Trinajstić information content (AvgIpc) is 2.76. The summed E-state index contributed by atoms with van der Waals surface area (Å²) in [6, 6.07) is 2.11. The maximum absolute atomic E-state index is 12.7. The summed E-state index contributed by atoms with van der Waals surface area (Å²) < 4.78 is 0. The number of aryl methyl sites for hydroxylation is 1. The third-order valence-corrected chi connectivity index (χ3v) is 5.04. The lowest BCUT2D eigenvalue weighted by Gasteiger charge is -2.30. The van der Waals surface area contributed by atoms with Gasteiger partial charge in [-0.15, -0.1) is 11.3 Å². The normalized spacial score (nSPS) is 27.1. The van der Waals surface area contributed by atoms with Gasteiger partial charge in [-0.05, 0) is 43.0 Å². The van der Waals surface area contributed by atoms with Gasteiger partial charge >= 0.3 is 0 Å². The number of ketones is 1.